The Morgan fingerprint density at radius 1 is 1.25 bits per heavy atom. The first-order chi connectivity index (χ1) is 13.4. The number of amides is 1. The fourth-order valence-electron chi connectivity index (χ4n) is 2.98. The summed E-state index contributed by atoms with van der Waals surface area (Å²) in [6.07, 6.45) is 1.71. The largest absolute Gasteiger partial charge is 0.490 e. The van der Waals surface area contributed by atoms with Gasteiger partial charge in [0, 0.05) is 44.6 Å². The number of nitrogens with zero attached hydrogens (tertiary/aromatic N) is 4. The molecule has 7 nitrogen and oxygen atoms in total. The van der Waals surface area contributed by atoms with E-state index < -0.39 is 0 Å². The third kappa shape index (κ3) is 4.18. The van der Waals surface area contributed by atoms with Gasteiger partial charge in [-0.1, -0.05) is 19.9 Å². The highest BCUT2D eigenvalue weighted by atomic mass is 16.5. The molecular formula is C21H29N5O2. The Bertz CT molecular complexity index is 839. The minimum atomic E-state index is -0.101. The van der Waals surface area contributed by atoms with E-state index in [2.05, 4.69) is 36.1 Å². The number of hydrogen-bond acceptors (Lipinski definition) is 6. The van der Waals surface area contributed by atoms with Crippen LogP contribution in [0.1, 0.15) is 38.1 Å². The predicted octanol–water partition coefficient (Wildman–Crippen LogP) is 3.43. The zero-order chi connectivity index (χ0) is 20.3. The molecule has 0 aliphatic carbocycles. The molecule has 1 aromatic carbocycles. The first kappa shape index (κ1) is 19.9. The van der Waals surface area contributed by atoms with Crippen LogP contribution < -0.4 is 19.9 Å². The van der Waals surface area contributed by atoms with Gasteiger partial charge in [-0.25, -0.2) is 4.98 Å². The summed E-state index contributed by atoms with van der Waals surface area (Å²) in [7, 11) is 1.95. The molecule has 0 fully saturated rings. The standard InChI is InChI=1S/C21H29N5O2/c1-6-22-21-23-13-18-19(24-21)25(5)10-11-26(20(18)27)16-8-7-9-17(12-16)28-15(4)14(2)3/h7-9,12-15H,6,10-11H2,1-5H3,(H,22,23,24). The van der Waals surface area contributed by atoms with E-state index >= 15 is 0 Å². The van der Waals surface area contributed by atoms with E-state index in [9.17, 15) is 4.79 Å². The summed E-state index contributed by atoms with van der Waals surface area (Å²) in [5.74, 6) is 2.26. The van der Waals surface area contributed by atoms with Crippen molar-refractivity contribution in [2.75, 3.05) is 41.8 Å². The number of anilines is 3. The van der Waals surface area contributed by atoms with Crippen LogP contribution in [0.5, 0.6) is 5.75 Å². The van der Waals surface area contributed by atoms with Gasteiger partial charge >= 0.3 is 0 Å². The lowest BCUT2D eigenvalue weighted by molar-refractivity contribution is 0.0989. The summed E-state index contributed by atoms with van der Waals surface area (Å²) in [5, 5.41) is 3.10. The van der Waals surface area contributed by atoms with E-state index in [1.807, 2.05) is 43.1 Å². The Labute approximate surface area is 166 Å². The molecule has 0 saturated carbocycles. The number of rotatable bonds is 6. The van der Waals surface area contributed by atoms with Crippen LogP contribution in [0.3, 0.4) is 0 Å². The Balaban J connectivity index is 1.90. The molecule has 0 radical (unpaired) electrons. The van der Waals surface area contributed by atoms with Crippen molar-refractivity contribution < 1.29 is 9.53 Å². The maximum atomic E-state index is 13.3. The summed E-state index contributed by atoms with van der Waals surface area (Å²) < 4.78 is 6.03. The number of ether oxygens (including phenoxy) is 1. The average Bonchev–Trinajstić information content (AvgIpc) is 2.79. The summed E-state index contributed by atoms with van der Waals surface area (Å²) in [6.45, 7) is 10.3. The molecule has 1 aliphatic rings. The SMILES string of the molecule is CCNc1ncc2c(n1)N(C)CCN(c1cccc(OC(C)C(C)C)c1)C2=O. The Hall–Kier alpha value is -2.83. The van der Waals surface area contributed by atoms with Crippen LogP contribution in [0.2, 0.25) is 0 Å². The lowest BCUT2D eigenvalue weighted by atomic mass is 10.1. The van der Waals surface area contributed by atoms with Gasteiger partial charge in [0.05, 0.1) is 6.10 Å². The Morgan fingerprint density at radius 3 is 2.75 bits per heavy atom. The van der Waals surface area contributed by atoms with Crippen LogP contribution in [-0.2, 0) is 0 Å². The lowest BCUT2D eigenvalue weighted by Crippen LogP contribution is -2.33. The van der Waals surface area contributed by atoms with Crippen molar-refractivity contribution in [1.82, 2.24) is 9.97 Å². The highest BCUT2D eigenvalue weighted by molar-refractivity contribution is 6.09. The van der Waals surface area contributed by atoms with Crippen LogP contribution in [0.25, 0.3) is 0 Å². The quantitative estimate of drug-likeness (QED) is 0.824. The first-order valence-corrected chi connectivity index (χ1v) is 9.81. The molecule has 2 heterocycles. The zero-order valence-corrected chi connectivity index (χ0v) is 17.3. The van der Waals surface area contributed by atoms with E-state index in [-0.39, 0.29) is 12.0 Å². The third-order valence-electron chi connectivity index (χ3n) is 4.99. The van der Waals surface area contributed by atoms with Crippen molar-refractivity contribution in [3.8, 4) is 5.75 Å². The number of carbonyl (C=O) groups excluding carboxylic acids is 1. The zero-order valence-electron chi connectivity index (χ0n) is 17.3. The fraction of sp³-hybridized carbons (Fsp3) is 0.476. The molecule has 0 saturated heterocycles. The number of carbonyl (C=O) groups is 1. The van der Waals surface area contributed by atoms with Crippen molar-refractivity contribution in [3.05, 3.63) is 36.0 Å². The smallest absolute Gasteiger partial charge is 0.263 e. The van der Waals surface area contributed by atoms with Gasteiger partial charge < -0.3 is 19.9 Å². The number of hydrogen-bond donors (Lipinski definition) is 1. The second-order valence-corrected chi connectivity index (χ2v) is 7.40. The highest BCUT2D eigenvalue weighted by Gasteiger charge is 2.28. The van der Waals surface area contributed by atoms with E-state index in [1.165, 1.54) is 0 Å². The Kier molecular flexibility index (Phi) is 6.02. The molecule has 7 heteroatoms. The van der Waals surface area contributed by atoms with Crippen LogP contribution in [0.4, 0.5) is 17.5 Å². The third-order valence-corrected chi connectivity index (χ3v) is 4.99. The minimum absolute atomic E-state index is 0.0971. The second kappa shape index (κ2) is 8.46. The van der Waals surface area contributed by atoms with Gasteiger partial charge in [0.25, 0.3) is 5.91 Å². The predicted molar refractivity (Wildman–Crippen MR) is 113 cm³/mol. The van der Waals surface area contributed by atoms with Crippen LogP contribution in [0.15, 0.2) is 30.5 Å². The van der Waals surface area contributed by atoms with Gasteiger partial charge in [-0.15, -0.1) is 0 Å². The number of aromatic nitrogens is 2. The number of likely N-dealkylation sites (N-methyl/N-ethyl adjacent to an activating group) is 1. The van der Waals surface area contributed by atoms with Crippen LogP contribution in [-0.4, -0.2) is 48.7 Å². The van der Waals surface area contributed by atoms with Crippen molar-refractivity contribution in [3.63, 3.8) is 0 Å². The topological polar surface area (TPSA) is 70.6 Å². The van der Waals surface area contributed by atoms with Crippen LogP contribution in [0, 0.1) is 5.92 Å². The monoisotopic (exact) mass is 383 g/mol. The normalized spacial score (nSPS) is 15.3. The molecule has 1 amide bonds. The molecule has 3 rings (SSSR count). The molecule has 2 aromatic rings. The van der Waals surface area contributed by atoms with Crippen molar-refractivity contribution in [2.45, 2.75) is 33.8 Å². The van der Waals surface area contributed by atoms with Crippen LogP contribution >= 0.6 is 0 Å². The van der Waals surface area contributed by atoms with Gasteiger partial charge in [-0.05, 0) is 31.9 Å². The maximum absolute atomic E-state index is 13.3. The Morgan fingerprint density at radius 2 is 2.04 bits per heavy atom. The number of fused-ring (bicyclic) bond motifs is 1. The molecular weight excluding hydrogens is 354 g/mol. The molecule has 150 valence electrons. The van der Waals surface area contributed by atoms with Crippen molar-refractivity contribution in [2.24, 2.45) is 5.92 Å². The van der Waals surface area contributed by atoms with Crippen molar-refractivity contribution in [1.29, 1.82) is 0 Å². The summed E-state index contributed by atoms with van der Waals surface area (Å²) in [5.41, 5.74) is 1.32. The van der Waals surface area contributed by atoms with E-state index in [4.69, 9.17) is 4.74 Å². The molecule has 0 spiro atoms. The molecule has 1 N–H and O–H groups in total. The molecule has 1 atom stereocenters. The number of nitrogens with one attached hydrogen (secondary N) is 1. The van der Waals surface area contributed by atoms with Gasteiger partial charge in [0.2, 0.25) is 5.95 Å². The number of benzene rings is 1. The lowest BCUT2D eigenvalue weighted by Gasteiger charge is -2.23. The van der Waals surface area contributed by atoms with E-state index in [1.54, 1.807) is 11.1 Å². The van der Waals surface area contributed by atoms with Crippen molar-refractivity contribution >= 4 is 23.4 Å². The molecule has 28 heavy (non-hydrogen) atoms. The second-order valence-electron chi connectivity index (χ2n) is 7.40. The van der Waals surface area contributed by atoms with E-state index in [0.29, 0.717) is 36.3 Å². The highest BCUT2D eigenvalue weighted by Crippen LogP contribution is 2.29. The first-order valence-electron chi connectivity index (χ1n) is 9.81. The van der Waals surface area contributed by atoms with Gasteiger partial charge in [0.1, 0.15) is 17.1 Å². The van der Waals surface area contributed by atoms with E-state index in [0.717, 1.165) is 18.0 Å². The molecule has 1 aliphatic heterocycles. The summed E-state index contributed by atoms with van der Waals surface area (Å²) in [6, 6.07) is 7.71. The minimum Gasteiger partial charge on any atom is -0.490 e. The molecule has 1 aromatic heterocycles. The van der Waals surface area contributed by atoms with Gasteiger partial charge in [0.15, 0.2) is 0 Å². The van der Waals surface area contributed by atoms with Gasteiger partial charge in [-0.2, -0.15) is 4.98 Å². The summed E-state index contributed by atoms with van der Waals surface area (Å²) in [4.78, 5) is 25.8. The molecule has 1 unspecified atom stereocenters. The summed E-state index contributed by atoms with van der Waals surface area (Å²) >= 11 is 0. The average molecular weight is 383 g/mol. The molecule has 0 bridgehead atoms. The fourth-order valence-corrected chi connectivity index (χ4v) is 2.98. The maximum Gasteiger partial charge on any atom is 0.263 e. The van der Waals surface area contributed by atoms with Gasteiger partial charge in [-0.3, -0.25) is 4.79 Å².